The number of nitrogen functional groups attached to an aromatic ring is 1. The molecule has 0 saturated carbocycles. The molecule has 2 heterocycles. The van der Waals surface area contributed by atoms with Crippen molar-refractivity contribution < 1.29 is 0 Å². The third-order valence-electron chi connectivity index (χ3n) is 1.85. The number of anilines is 1. The fourth-order valence-electron chi connectivity index (χ4n) is 1.11. The summed E-state index contributed by atoms with van der Waals surface area (Å²) >= 11 is 1.65. The van der Waals surface area contributed by atoms with Gasteiger partial charge in [0.15, 0.2) is 0 Å². The fraction of sp³-hybridized carbons (Fsp3) is 0.0909. The number of rotatable bonds is 3. The summed E-state index contributed by atoms with van der Waals surface area (Å²) in [4.78, 5) is 8.44. The summed E-state index contributed by atoms with van der Waals surface area (Å²) in [5, 5.41) is 0.967. The van der Waals surface area contributed by atoms with Crippen molar-refractivity contribution in [1.29, 1.82) is 0 Å². The molecular formula is C11H11N3S. The second kappa shape index (κ2) is 4.79. The lowest BCUT2D eigenvalue weighted by Crippen LogP contribution is -1.88. The quantitative estimate of drug-likeness (QED) is 0.802. The van der Waals surface area contributed by atoms with Gasteiger partial charge >= 0.3 is 0 Å². The predicted octanol–water partition coefficient (Wildman–Crippen LogP) is 2.35. The summed E-state index contributed by atoms with van der Waals surface area (Å²) in [6, 6.07) is 9.68. The van der Waals surface area contributed by atoms with Crippen LogP contribution in [0, 0.1) is 0 Å². The van der Waals surface area contributed by atoms with Crippen LogP contribution in [0.4, 0.5) is 5.69 Å². The lowest BCUT2D eigenvalue weighted by molar-refractivity contribution is 1.12. The van der Waals surface area contributed by atoms with Gasteiger partial charge in [-0.25, -0.2) is 4.98 Å². The standard InChI is InChI=1S/C11H11N3S/c12-9-4-5-11(14-7-9)15-8-10-3-1-2-6-13-10/h1-7H,8,12H2. The Balaban J connectivity index is 1.96. The van der Waals surface area contributed by atoms with Crippen molar-refractivity contribution in [3.8, 4) is 0 Å². The maximum Gasteiger partial charge on any atom is 0.0965 e. The molecule has 0 aromatic carbocycles. The summed E-state index contributed by atoms with van der Waals surface area (Å²) < 4.78 is 0. The summed E-state index contributed by atoms with van der Waals surface area (Å²) in [5.41, 5.74) is 7.30. The minimum absolute atomic E-state index is 0.692. The Bertz CT molecular complexity index is 414. The van der Waals surface area contributed by atoms with Crippen molar-refractivity contribution in [3.63, 3.8) is 0 Å². The number of nitrogens with zero attached hydrogens (tertiary/aromatic N) is 2. The first-order valence-electron chi connectivity index (χ1n) is 4.59. The highest BCUT2D eigenvalue weighted by molar-refractivity contribution is 7.98. The largest absolute Gasteiger partial charge is 0.397 e. The van der Waals surface area contributed by atoms with Gasteiger partial charge in [-0.3, -0.25) is 4.98 Å². The van der Waals surface area contributed by atoms with Crippen LogP contribution in [0.15, 0.2) is 47.8 Å². The van der Waals surface area contributed by atoms with E-state index in [4.69, 9.17) is 5.73 Å². The Morgan fingerprint density at radius 1 is 1.13 bits per heavy atom. The van der Waals surface area contributed by atoms with E-state index in [1.54, 1.807) is 24.2 Å². The van der Waals surface area contributed by atoms with E-state index in [0.717, 1.165) is 16.5 Å². The van der Waals surface area contributed by atoms with Crippen LogP contribution >= 0.6 is 11.8 Å². The number of hydrogen-bond acceptors (Lipinski definition) is 4. The summed E-state index contributed by atoms with van der Waals surface area (Å²) in [7, 11) is 0. The summed E-state index contributed by atoms with van der Waals surface area (Å²) in [6.07, 6.45) is 3.47. The molecule has 0 bridgehead atoms. The maximum absolute atomic E-state index is 5.55. The molecule has 2 N–H and O–H groups in total. The van der Waals surface area contributed by atoms with Crippen LogP contribution in [-0.4, -0.2) is 9.97 Å². The zero-order chi connectivity index (χ0) is 10.5. The topological polar surface area (TPSA) is 51.8 Å². The van der Waals surface area contributed by atoms with Crippen molar-refractivity contribution in [2.45, 2.75) is 10.8 Å². The smallest absolute Gasteiger partial charge is 0.0965 e. The van der Waals surface area contributed by atoms with E-state index in [1.165, 1.54) is 0 Å². The summed E-state index contributed by atoms with van der Waals surface area (Å²) in [5.74, 6) is 0.831. The molecule has 0 atom stereocenters. The Labute approximate surface area is 92.8 Å². The van der Waals surface area contributed by atoms with E-state index in [2.05, 4.69) is 9.97 Å². The van der Waals surface area contributed by atoms with Crippen molar-refractivity contribution in [2.75, 3.05) is 5.73 Å². The Morgan fingerprint density at radius 2 is 2.07 bits per heavy atom. The molecule has 4 heteroatoms. The zero-order valence-electron chi connectivity index (χ0n) is 8.13. The second-order valence-electron chi connectivity index (χ2n) is 3.04. The van der Waals surface area contributed by atoms with Crippen LogP contribution < -0.4 is 5.73 Å². The van der Waals surface area contributed by atoms with Gasteiger partial charge in [-0.05, 0) is 24.3 Å². The van der Waals surface area contributed by atoms with Crippen LogP contribution in [0.2, 0.25) is 0 Å². The molecule has 76 valence electrons. The molecule has 0 amide bonds. The second-order valence-corrected chi connectivity index (χ2v) is 4.04. The third kappa shape index (κ3) is 2.95. The van der Waals surface area contributed by atoms with Crippen molar-refractivity contribution in [1.82, 2.24) is 9.97 Å². The van der Waals surface area contributed by atoms with Crippen LogP contribution in [-0.2, 0) is 5.75 Å². The number of aromatic nitrogens is 2. The van der Waals surface area contributed by atoms with E-state index in [1.807, 2.05) is 30.3 Å². The molecule has 0 fully saturated rings. The highest BCUT2D eigenvalue weighted by atomic mass is 32.2. The van der Waals surface area contributed by atoms with Crippen LogP contribution in [0.5, 0.6) is 0 Å². The first-order chi connectivity index (χ1) is 7.34. The van der Waals surface area contributed by atoms with Gasteiger partial charge in [-0.15, -0.1) is 11.8 Å². The Morgan fingerprint density at radius 3 is 2.73 bits per heavy atom. The normalized spacial score (nSPS) is 10.1. The van der Waals surface area contributed by atoms with Gasteiger partial charge in [0, 0.05) is 11.9 Å². The molecule has 15 heavy (non-hydrogen) atoms. The van der Waals surface area contributed by atoms with Gasteiger partial charge in [0.25, 0.3) is 0 Å². The van der Waals surface area contributed by atoms with Crippen LogP contribution in [0.3, 0.4) is 0 Å². The minimum atomic E-state index is 0.692. The molecule has 0 aliphatic carbocycles. The average Bonchev–Trinajstić information content (AvgIpc) is 2.30. The predicted molar refractivity (Wildman–Crippen MR) is 62.4 cm³/mol. The number of hydrogen-bond donors (Lipinski definition) is 1. The van der Waals surface area contributed by atoms with Gasteiger partial charge in [0.05, 0.1) is 22.6 Å². The third-order valence-corrected chi connectivity index (χ3v) is 2.83. The number of pyridine rings is 2. The fourth-order valence-corrected chi connectivity index (χ4v) is 1.87. The van der Waals surface area contributed by atoms with E-state index in [-0.39, 0.29) is 0 Å². The maximum atomic E-state index is 5.55. The minimum Gasteiger partial charge on any atom is -0.397 e. The number of nitrogens with two attached hydrogens (primary N) is 1. The Kier molecular flexibility index (Phi) is 3.19. The first-order valence-corrected chi connectivity index (χ1v) is 5.57. The van der Waals surface area contributed by atoms with Gasteiger partial charge in [0.2, 0.25) is 0 Å². The van der Waals surface area contributed by atoms with Gasteiger partial charge in [0.1, 0.15) is 0 Å². The van der Waals surface area contributed by atoms with E-state index >= 15 is 0 Å². The van der Waals surface area contributed by atoms with Gasteiger partial charge in [-0.2, -0.15) is 0 Å². The highest BCUT2D eigenvalue weighted by Gasteiger charge is 1.97. The van der Waals surface area contributed by atoms with E-state index in [0.29, 0.717) is 5.69 Å². The van der Waals surface area contributed by atoms with Crippen LogP contribution in [0.25, 0.3) is 0 Å². The first kappa shape index (κ1) is 9.98. The van der Waals surface area contributed by atoms with Crippen molar-refractivity contribution in [2.24, 2.45) is 0 Å². The molecule has 0 radical (unpaired) electrons. The molecule has 0 saturated heterocycles. The van der Waals surface area contributed by atoms with Gasteiger partial charge in [-0.1, -0.05) is 6.07 Å². The molecule has 2 rings (SSSR count). The lowest BCUT2D eigenvalue weighted by atomic mass is 10.4. The molecule has 3 nitrogen and oxygen atoms in total. The molecule has 0 aliphatic rings. The lowest BCUT2D eigenvalue weighted by Gasteiger charge is -2.00. The van der Waals surface area contributed by atoms with E-state index < -0.39 is 0 Å². The number of thioether (sulfide) groups is 1. The molecule has 0 aliphatic heterocycles. The van der Waals surface area contributed by atoms with Gasteiger partial charge < -0.3 is 5.73 Å². The Hall–Kier alpha value is -1.55. The van der Waals surface area contributed by atoms with Crippen molar-refractivity contribution in [3.05, 3.63) is 48.4 Å². The molecule has 2 aromatic heterocycles. The molecule has 0 spiro atoms. The SMILES string of the molecule is Nc1ccc(SCc2ccccn2)nc1. The van der Waals surface area contributed by atoms with Crippen LogP contribution in [0.1, 0.15) is 5.69 Å². The summed E-state index contributed by atoms with van der Waals surface area (Å²) in [6.45, 7) is 0. The molecule has 2 aromatic rings. The average molecular weight is 217 g/mol. The van der Waals surface area contributed by atoms with Crippen molar-refractivity contribution >= 4 is 17.4 Å². The molecule has 0 unspecified atom stereocenters. The molecular weight excluding hydrogens is 206 g/mol. The van der Waals surface area contributed by atoms with E-state index in [9.17, 15) is 0 Å². The highest BCUT2D eigenvalue weighted by Crippen LogP contribution is 2.19. The zero-order valence-corrected chi connectivity index (χ0v) is 8.95. The monoisotopic (exact) mass is 217 g/mol.